The van der Waals surface area contributed by atoms with Gasteiger partial charge in [-0.3, -0.25) is 0 Å². The molecule has 0 nitrogen and oxygen atoms in total. The third-order valence-electron chi connectivity index (χ3n) is 6.70. The predicted molar refractivity (Wildman–Crippen MR) is 158 cm³/mol. The van der Waals surface area contributed by atoms with Crippen molar-refractivity contribution in [3.63, 3.8) is 0 Å². The fraction of sp³-hybridized carbons (Fsp3) is 0.0811. The van der Waals surface area contributed by atoms with Crippen molar-refractivity contribution in [2.75, 3.05) is 0 Å². The maximum atomic E-state index is 3.39. The van der Waals surface area contributed by atoms with E-state index in [0.29, 0.717) is 0 Å². The van der Waals surface area contributed by atoms with Crippen molar-refractivity contribution in [2.24, 2.45) is 0 Å². The fourth-order valence-electron chi connectivity index (χ4n) is 4.89. The van der Waals surface area contributed by atoms with Crippen molar-refractivity contribution in [1.29, 1.82) is 0 Å². The standard InChI is InChI=1S/C17H11.C15H14.C5H5.ClH.Zr/c1-3-7-14-12(5-1)9-10-16-15-8-4-2-6-13(15)11-17(14)16;1-3-8-14(9-4-1)12-7-13-15-10-5-2-6-11-15;1-2-4-5-3-1;;/h1-6,8-10H,11H2;1-6,8-11H,12-13H2;1-5H;1H;/q-1;;-1;;/p-1. The molecule has 0 heterocycles. The molecular weight excluding hydrogens is 571 g/mol. The summed E-state index contributed by atoms with van der Waals surface area (Å²) in [4.78, 5) is 0. The predicted octanol–water partition coefficient (Wildman–Crippen LogP) is 5.81. The molecule has 2 heteroatoms. The van der Waals surface area contributed by atoms with E-state index in [9.17, 15) is 0 Å². The van der Waals surface area contributed by atoms with Crippen LogP contribution in [0.5, 0.6) is 0 Å². The Morgan fingerprint density at radius 3 is 1.87 bits per heavy atom. The summed E-state index contributed by atoms with van der Waals surface area (Å²) in [5.41, 5.74) is 8.49. The Morgan fingerprint density at radius 2 is 1.26 bits per heavy atom. The first-order valence-corrected chi connectivity index (χ1v) is 14.3. The summed E-state index contributed by atoms with van der Waals surface area (Å²) in [7, 11) is 0. The van der Waals surface area contributed by atoms with Gasteiger partial charge in [0.2, 0.25) is 0 Å². The molecule has 6 aromatic rings. The van der Waals surface area contributed by atoms with Crippen LogP contribution in [0.3, 0.4) is 0 Å². The minimum absolute atomic E-state index is 0. The second kappa shape index (κ2) is 14.8. The summed E-state index contributed by atoms with van der Waals surface area (Å²) < 4.78 is 1.60. The number of halogens is 1. The van der Waals surface area contributed by atoms with Crippen LogP contribution in [0.4, 0.5) is 0 Å². The van der Waals surface area contributed by atoms with Crippen LogP contribution in [0.15, 0.2) is 146 Å². The van der Waals surface area contributed by atoms with Crippen LogP contribution in [0, 0.1) is 6.07 Å². The molecule has 1 aliphatic carbocycles. The molecule has 192 valence electrons. The zero-order chi connectivity index (χ0) is 26.0. The first-order chi connectivity index (χ1) is 18.8. The molecule has 0 saturated carbocycles. The van der Waals surface area contributed by atoms with Gasteiger partial charge in [-0.15, -0.1) is 40.6 Å². The van der Waals surface area contributed by atoms with E-state index in [0.717, 1.165) is 19.3 Å². The number of hydrogen-bond donors (Lipinski definition) is 0. The van der Waals surface area contributed by atoms with Gasteiger partial charge in [0.15, 0.2) is 0 Å². The van der Waals surface area contributed by atoms with E-state index in [1.54, 1.807) is 27.4 Å². The van der Waals surface area contributed by atoms with E-state index >= 15 is 0 Å². The Labute approximate surface area is 253 Å². The van der Waals surface area contributed by atoms with Gasteiger partial charge in [-0.05, 0) is 17.5 Å². The quantitative estimate of drug-likeness (QED) is 0.224. The van der Waals surface area contributed by atoms with E-state index in [4.69, 9.17) is 0 Å². The minimum atomic E-state index is 0. The summed E-state index contributed by atoms with van der Waals surface area (Å²) in [6.07, 6.45) is 3.28. The summed E-state index contributed by atoms with van der Waals surface area (Å²) in [6, 6.07) is 54.1. The first kappa shape index (κ1) is 28.8. The third-order valence-corrected chi connectivity index (χ3v) is 7.56. The molecule has 39 heavy (non-hydrogen) atoms. The van der Waals surface area contributed by atoms with Gasteiger partial charge in [-0.25, -0.2) is 12.1 Å². The van der Waals surface area contributed by atoms with E-state index in [1.165, 1.54) is 44.2 Å². The molecule has 1 aliphatic rings. The molecule has 0 amide bonds. The second-order valence-electron chi connectivity index (χ2n) is 9.45. The Bertz CT molecular complexity index is 1520. The zero-order valence-electron chi connectivity index (χ0n) is 21.9. The van der Waals surface area contributed by atoms with Gasteiger partial charge in [0.05, 0.1) is 0 Å². The molecule has 0 fully saturated rings. The van der Waals surface area contributed by atoms with E-state index in [1.807, 2.05) is 36.4 Å². The summed E-state index contributed by atoms with van der Waals surface area (Å²) in [5.74, 6) is 0. The number of benzene rings is 5. The van der Waals surface area contributed by atoms with Gasteiger partial charge in [-0.2, -0.15) is 18.2 Å². The molecule has 0 atom stereocenters. The van der Waals surface area contributed by atoms with Crippen LogP contribution in [-0.2, 0) is 43.5 Å². The van der Waals surface area contributed by atoms with Crippen LogP contribution in [0.25, 0.3) is 21.9 Å². The maximum Gasteiger partial charge on any atom is -0.0246 e. The third kappa shape index (κ3) is 7.89. The summed E-state index contributed by atoms with van der Waals surface area (Å²) in [5, 5.41) is 2.57. The van der Waals surface area contributed by atoms with Crippen molar-refractivity contribution in [2.45, 2.75) is 19.3 Å². The Hall–Kier alpha value is -3.25. The molecule has 7 rings (SSSR count). The SMILES string of the molecule is [Cl-].[Zr]=[C](Cc1ccccc1)Cc1ccccc1.[c-]1cccc2ccc3c(c12)Cc1ccccc1-3.c1cc[cH-]c1. The number of hydrogen-bond acceptors (Lipinski definition) is 0. The molecule has 0 aromatic heterocycles. The van der Waals surface area contributed by atoms with E-state index in [2.05, 4.69) is 115 Å². The number of rotatable bonds is 4. The zero-order valence-corrected chi connectivity index (χ0v) is 25.1. The minimum Gasteiger partial charge on any atom is -0.214 e. The van der Waals surface area contributed by atoms with Crippen molar-refractivity contribution < 1.29 is 36.6 Å². The van der Waals surface area contributed by atoms with Crippen LogP contribution in [-0.4, -0.2) is 3.21 Å². The Kier molecular flexibility index (Phi) is 10.9. The first-order valence-electron chi connectivity index (χ1n) is 13.1. The van der Waals surface area contributed by atoms with Gasteiger partial charge in [-0.1, -0.05) is 42.0 Å². The molecule has 0 unspecified atom stereocenters. The Balaban J connectivity index is 0.000000151. The van der Waals surface area contributed by atoms with Gasteiger partial charge < -0.3 is 12.4 Å². The summed E-state index contributed by atoms with van der Waals surface area (Å²) in [6.45, 7) is 0. The second-order valence-corrected chi connectivity index (χ2v) is 11.2. The van der Waals surface area contributed by atoms with Gasteiger partial charge in [0, 0.05) is 0 Å². The van der Waals surface area contributed by atoms with Gasteiger partial charge >= 0.3 is 112 Å². The normalized spacial score (nSPS) is 10.5. The van der Waals surface area contributed by atoms with E-state index < -0.39 is 0 Å². The molecule has 0 radical (unpaired) electrons. The van der Waals surface area contributed by atoms with Crippen molar-refractivity contribution in [1.82, 2.24) is 0 Å². The van der Waals surface area contributed by atoms with Gasteiger partial charge in [0.25, 0.3) is 0 Å². The van der Waals surface area contributed by atoms with Crippen LogP contribution in [0.1, 0.15) is 22.3 Å². The fourth-order valence-corrected chi connectivity index (χ4v) is 5.89. The molecule has 0 bridgehead atoms. The van der Waals surface area contributed by atoms with Crippen LogP contribution < -0.4 is 12.4 Å². The topological polar surface area (TPSA) is 0 Å². The average molecular weight is 601 g/mol. The van der Waals surface area contributed by atoms with Crippen LogP contribution in [0.2, 0.25) is 0 Å². The molecular formula is C37H30ClZr-3. The maximum absolute atomic E-state index is 3.39. The Morgan fingerprint density at radius 1 is 0.641 bits per heavy atom. The average Bonchev–Trinajstić information content (AvgIpc) is 3.67. The van der Waals surface area contributed by atoms with E-state index in [-0.39, 0.29) is 12.4 Å². The summed E-state index contributed by atoms with van der Waals surface area (Å²) >= 11 is 1.55. The number of fused-ring (bicyclic) bond motifs is 5. The largest absolute Gasteiger partial charge is 0.214 e. The van der Waals surface area contributed by atoms with Gasteiger partial charge in [0.1, 0.15) is 0 Å². The van der Waals surface area contributed by atoms with Crippen molar-refractivity contribution in [3.05, 3.63) is 174 Å². The molecule has 0 spiro atoms. The molecule has 0 N–H and O–H groups in total. The van der Waals surface area contributed by atoms with Crippen LogP contribution >= 0.6 is 0 Å². The van der Waals surface area contributed by atoms with Crippen molar-refractivity contribution >= 4 is 14.0 Å². The molecule has 0 saturated heterocycles. The smallest absolute Gasteiger partial charge is 0.0246 e. The van der Waals surface area contributed by atoms with Crippen molar-refractivity contribution in [3.8, 4) is 11.1 Å². The monoisotopic (exact) mass is 599 g/mol. The molecule has 0 aliphatic heterocycles. The molecule has 6 aromatic carbocycles.